The SMILES string of the molecule is CCc1cc(C(=O)N(OC)[C@@H]2CCCCN(C(=O)O)C2OCc2ccccc2)cc(CC)c1OC. The predicted molar refractivity (Wildman–Crippen MR) is 132 cm³/mol. The van der Waals surface area contributed by atoms with Crippen LogP contribution in [0.5, 0.6) is 5.75 Å². The molecule has 0 radical (unpaired) electrons. The van der Waals surface area contributed by atoms with Crippen LogP contribution in [0.3, 0.4) is 0 Å². The summed E-state index contributed by atoms with van der Waals surface area (Å²) in [6.45, 7) is 4.59. The van der Waals surface area contributed by atoms with Crippen molar-refractivity contribution in [3.63, 3.8) is 0 Å². The van der Waals surface area contributed by atoms with Crippen LogP contribution >= 0.6 is 0 Å². The average molecular weight is 485 g/mol. The van der Waals surface area contributed by atoms with Gasteiger partial charge in [-0.1, -0.05) is 44.2 Å². The Balaban J connectivity index is 1.96. The van der Waals surface area contributed by atoms with Gasteiger partial charge >= 0.3 is 6.09 Å². The van der Waals surface area contributed by atoms with Crippen molar-refractivity contribution in [2.45, 2.75) is 64.8 Å². The highest BCUT2D eigenvalue weighted by Gasteiger charge is 2.40. The van der Waals surface area contributed by atoms with Gasteiger partial charge in [0.1, 0.15) is 11.8 Å². The molecule has 2 amide bonds. The Morgan fingerprint density at radius 3 is 2.26 bits per heavy atom. The summed E-state index contributed by atoms with van der Waals surface area (Å²) in [6.07, 6.45) is 1.46. The van der Waals surface area contributed by atoms with Crippen LogP contribution < -0.4 is 4.74 Å². The monoisotopic (exact) mass is 484 g/mol. The molecule has 1 heterocycles. The summed E-state index contributed by atoms with van der Waals surface area (Å²) in [5.41, 5.74) is 3.29. The minimum Gasteiger partial charge on any atom is -0.496 e. The lowest BCUT2D eigenvalue weighted by Gasteiger charge is -2.38. The molecular weight excluding hydrogens is 448 g/mol. The molecule has 1 N–H and O–H groups in total. The van der Waals surface area contributed by atoms with Crippen LogP contribution in [0.4, 0.5) is 4.79 Å². The molecule has 0 bridgehead atoms. The quantitative estimate of drug-likeness (QED) is 0.510. The Morgan fingerprint density at radius 2 is 1.71 bits per heavy atom. The zero-order valence-electron chi connectivity index (χ0n) is 21.0. The van der Waals surface area contributed by atoms with E-state index in [4.69, 9.17) is 14.3 Å². The predicted octanol–water partition coefficient (Wildman–Crippen LogP) is 4.90. The first-order valence-electron chi connectivity index (χ1n) is 12.2. The molecule has 0 spiro atoms. The van der Waals surface area contributed by atoms with E-state index in [9.17, 15) is 14.7 Å². The van der Waals surface area contributed by atoms with Gasteiger partial charge in [-0.05, 0) is 60.9 Å². The van der Waals surface area contributed by atoms with Crippen LogP contribution in [-0.4, -0.2) is 60.1 Å². The molecule has 35 heavy (non-hydrogen) atoms. The van der Waals surface area contributed by atoms with Gasteiger partial charge in [0.25, 0.3) is 5.91 Å². The van der Waals surface area contributed by atoms with E-state index in [0.717, 1.165) is 28.9 Å². The molecule has 2 aromatic carbocycles. The number of carbonyl (C=O) groups excluding carboxylic acids is 1. The maximum Gasteiger partial charge on any atom is 0.409 e. The lowest BCUT2D eigenvalue weighted by atomic mass is 9.99. The maximum absolute atomic E-state index is 13.8. The third-order valence-corrected chi connectivity index (χ3v) is 6.45. The van der Waals surface area contributed by atoms with Gasteiger partial charge in [0.15, 0.2) is 6.23 Å². The van der Waals surface area contributed by atoms with Crippen LogP contribution in [0.25, 0.3) is 0 Å². The molecule has 1 fully saturated rings. The molecule has 190 valence electrons. The molecule has 2 aromatic rings. The second-order valence-electron chi connectivity index (χ2n) is 8.57. The molecule has 1 aliphatic rings. The largest absolute Gasteiger partial charge is 0.496 e. The highest BCUT2D eigenvalue weighted by molar-refractivity contribution is 5.94. The van der Waals surface area contributed by atoms with Crippen LogP contribution in [0, 0.1) is 0 Å². The third-order valence-electron chi connectivity index (χ3n) is 6.45. The number of nitrogens with zero attached hydrogens (tertiary/aromatic N) is 2. The van der Waals surface area contributed by atoms with Gasteiger partial charge in [0.2, 0.25) is 0 Å². The standard InChI is InChI=1S/C27H36N2O6/c1-5-20-16-22(17-21(6-2)24(20)33-3)25(30)29(34-4)23-14-10-11-15-28(27(31)32)26(23)35-18-19-12-8-7-9-13-19/h7-9,12-13,16-17,23,26H,5-6,10-11,14-15,18H2,1-4H3,(H,31,32)/t23-,26?/m1/s1. The Morgan fingerprint density at radius 1 is 1.06 bits per heavy atom. The van der Waals surface area contributed by atoms with Crippen molar-refractivity contribution < 1.29 is 29.0 Å². The Labute approximate surface area is 207 Å². The summed E-state index contributed by atoms with van der Waals surface area (Å²) < 4.78 is 11.8. The number of benzene rings is 2. The first-order chi connectivity index (χ1) is 16.9. The fourth-order valence-corrected chi connectivity index (χ4v) is 4.67. The minimum absolute atomic E-state index is 0.222. The highest BCUT2D eigenvalue weighted by atomic mass is 16.7. The van der Waals surface area contributed by atoms with Crippen LogP contribution in [0.15, 0.2) is 42.5 Å². The molecule has 1 aliphatic heterocycles. The fourth-order valence-electron chi connectivity index (χ4n) is 4.67. The molecule has 8 nitrogen and oxygen atoms in total. The second kappa shape index (κ2) is 12.6. The van der Waals surface area contributed by atoms with Crippen molar-refractivity contribution in [1.82, 2.24) is 9.96 Å². The zero-order chi connectivity index (χ0) is 25.4. The molecule has 0 aromatic heterocycles. The van der Waals surface area contributed by atoms with E-state index in [-0.39, 0.29) is 12.5 Å². The molecular formula is C27H36N2O6. The van der Waals surface area contributed by atoms with E-state index < -0.39 is 18.4 Å². The van der Waals surface area contributed by atoms with E-state index in [2.05, 4.69) is 0 Å². The Bertz CT molecular complexity index is 971. The topological polar surface area (TPSA) is 88.5 Å². The third kappa shape index (κ3) is 6.13. The molecule has 8 heteroatoms. The smallest absolute Gasteiger partial charge is 0.409 e. The van der Waals surface area contributed by atoms with Crippen molar-refractivity contribution in [1.29, 1.82) is 0 Å². The Kier molecular flexibility index (Phi) is 9.51. The number of hydrogen-bond donors (Lipinski definition) is 1. The molecule has 1 unspecified atom stereocenters. The summed E-state index contributed by atoms with van der Waals surface area (Å²) in [6, 6.07) is 12.6. The van der Waals surface area contributed by atoms with Crippen molar-refractivity contribution >= 4 is 12.0 Å². The summed E-state index contributed by atoms with van der Waals surface area (Å²) >= 11 is 0. The van der Waals surface area contributed by atoms with Gasteiger partial charge in [-0.25, -0.2) is 9.86 Å². The first-order valence-corrected chi connectivity index (χ1v) is 12.2. The number of carbonyl (C=O) groups is 2. The first kappa shape index (κ1) is 26.5. The number of rotatable bonds is 9. The van der Waals surface area contributed by atoms with E-state index in [1.54, 1.807) is 7.11 Å². The maximum atomic E-state index is 13.8. The van der Waals surface area contributed by atoms with Crippen LogP contribution in [0.2, 0.25) is 0 Å². The van der Waals surface area contributed by atoms with Gasteiger partial charge in [-0.3, -0.25) is 14.5 Å². The van der Waals surface area contributed by atoms with E-state index >= 15 is 0 Å². The van der Waals surface area contributed by atoms with Gasteiger partial charge in [0, 0.05) is 12.1 Å². The van der Waals surface area contributed by atoms with E-state index in [1.807, 2.05) is 56.3 Å². The van der Waals surface area contributed by atoms with Gasteiger partial charge < -0.3 is 14.6 Å². The van der Waals surface area contributed by atoms with Crippen molar-refractivity contribution in [2.24, 2.45) is 0 Å². The average Bonchev–Trinajstić information content (AvgIpc) is 3.10. The minimum atomic E-state index is -1.08. The number of amides is 2. The highest BCUT2D eigenvalue weighted by Crippen LogP contribution is 2.30. The lowest BCUT2D eigenvalue weighted by molar-refractivity contribution is -0.183. The fraction of sp³-hybridized carbons (Fsp3) is 0.481. The number of aryl methyl sites for hydroxylation is 2. The number of methoxy groups -OCH3 is 1. The van der Waals surface area contributed by atoms with Gasteiger partial charge in [-0.2, -0.15) is 0 Å². The van der Waals surface area contributed by atoms with Gasteiger partial charge in [0.05, 0.1) is 20.8 Å². The number of carboxylic acid groups (broad SMARTS) is 1. The summed E-state index contributed by atoms with van der Waals surface area (Å²) in [4.78, 5) is 32.8. The molecule has 3 rings (SSSR count). The van der Waals surface area contributed by atoms with Crippen molar-refractivity contribution in [3.8, 4) is 5.75 Å². The van der Waals surface area contributed by atoms with Crippen LogP contribution in [0.1, 0.15) is 60.2 Å². The zero-order valence-corrected chi connectivity index (χ0v) is 21.0. The molecule has 0 saturated carbocycles. The number of hydroxylamine groups is 2. The van der Waals surface area contributed by atoms with Crippen molar-refractivity contribution in [2.75, 3.05) is 20.8 Å². The molecule has 1 saturated heterocycles. The lowest BCUT2D eigenvalue weighted by Crippen LogP contribution is -2.55. The second-order valence-corrected chi connectivity index (χ2v) is 8.57. The van der Waals surface area contributed by atoms with Crippen molar-refractivity contribution in [3.05, 3.63) is 64.7 Å². The molecule has 0 aliphatic carbocycles. The summed E-state index contributed by atoms with van der Waals surface area (Å²) in [7, 11) is 3.07. The van der Waals surface area contributed by atoms with Crippen LogP contribution in [-0.2, 0) is 29.0 Å². The number of likely N-dealkylation sites (tertiary alicyclic amines) is 1. The normalized spacial score (nSPS) is 18.1. The summed E-state index contributed by atoms with van der Waals surface area (Å²) in [5, 5.41) is 11.2. The number of ether oxygens (including phenoxy) is 2. The van der Waals surface area contributed by atoms with E-state index in [0.29, 0.717) is 37.8 Å². The van der Waals surface area contributed by atoms with E-state index in [1.165, 1.54) is 17.1 Å². The molecule has 2 atom stereocenters. The Hall–Kier alpha value is -3.10. The number of hydrogen-bond acceptors (Lipinski definition) is 5. The van der Waals surface area contributed by atoms with Gasteiger partial charge in [-0.15, -0.1) is 0 Å². The summed E-state index contributed by atoms with van der Waals surface area (Å²) in [5.74, 6) is 0.469.